The Bertz CT molecular complexity index is 972. The number of benzene rings is 2. The summed E-state index contributed by atoms with van der Waals surface area (Å²) in [5.74, 6) is -0.0958. The number of rotatable bonds is 7. The summed E-state index contributed by atoms with van der Waals surface area (Å²) in [5, 5.41) is 0. The van der Waals surface area contributed by atoms with Crippen molar-refractivity contribution in [3.05, 3.63) is 59.4 Å². The van der Waals surface area contributed by atoms with Crippen molar-refractivity contribution in [3.8, 4) is 5.75 Å². The van der Waals surface area contributed by atoms with Crippen LogP contribution in [0.3, 0.4) is 0 Å². The maximum atomic E-state index is 13.5. The Morgan fingerprint density at radius 3 is 2.69 bits per heavy atom. The van der Waals surface area contributed by atoms with E-state index in [2.05, 4.69) is 0 Å². The summed E-state index contributed by atoms with van der Waals surface area (Å²) >= 11 is 0. The lowest BCUT2D eigenvalue weighted by Gasteiger charge is -2.35. The molecule has 0 aliphatic carbocycles. The van der Waals surface area contributed by atoms with Crippen LogP contribution in [0.4, 0.5) is 10.1 Å². The van der Waals surface area contributed by atoms with Gasteiger partial charge in [0.1, 0.15) is 18.1 Å². The molecule has 2 amide bonds. The summed E-state index contributed by atoms with van der Waals surface area (Å²) < 4.78 is 25.0. The SMILES string of the molecule is CC[C@@H]1Oc2ccc(C)cc2N(CC(=O)N(Cc2ccc(F)cc2)C[C@@H]2CCCO2)C1=O. The van der Waals surface area contributed by atoms with Gasteiger partial charge >= 0.3 is 0 Å². The Balaban J connectivity index is 1.57. The van der Waals surface area contributed by atoms with Gasteiger partial charge in [-0.2, -0.15) is 0 Å². The first-order chi connectivity index (χ1) is 15.4. The first kappa shape index (κ1) is 22.3. The number of aryl methyl sites for hydroxylation is 1. The number of anilines is 1. The summed E-state index contributed by atoms with van der Waals surface area (Å²) in [5.41, 5.74) is 2.43. The Labute approximate surface area is 187 Å². The minimum absolute atomic E-state index is 0.0299. The van der Waals surface area contributed by atoms with Crippen LogP contribution in [-0.4, -0.2) is 48.6 Å². The summed E-state index contributed by atoms with van der Waals surface area (Å²) in [4.78, 5) is 29.8. The highest BCUT2D eigenvalue weighted by atomic mass is 19.1. The van der Waals surface area contributed by atoms with Crippen LogP contribution in [0.25, 0.3) is 0 Å². The molecule has 32 heavy (non-hydrogen) atoms. The van der Waals surface area contributed by atoms with E-state index in [1.807, 2.05) is 32.0 Å². The molecule has 2 atom stereocenters. The van der Waals surface area contributed by atoms with Gasteiger partial charge in [0.2, 0.25) is 5.91 Å². The lowest BCUT2D eigenvalue weighted by atomic mass is 10.1. The van der Waals surface area contributed by atoms with Crippen molar-refractivity contribution in [2.75, 3.05) is 24.6 Å². The molecule has 0 radical (unpaired) electrons. The zero-order valence-corrected chi connectivity index (χ0v) is 18.6. The van der Waals surface area contributed by atoms with Crippen molar-refractivity contribution >= 4 is 17.5 Å². The topological polar surface area (TPSA) is 59.1 Å². The third-order valence-electron chi connectivity index (χ3n) is 5.97. The van der Waals surface area contributed by atoms with Gasteiger partial charge in [0, 0.05) is 19.7 Å². The maximum Gasteiger partial charge on any atom is 0.268 e. The molecule has 4 rings (SSSR count). The second-order valence-electron chi connectivity index (χ2n) is 8.45. The smallest absolute Gasteiger partial charge is 0.268 e. The number of nitrogens with zero attached hydrogens (tertiary/aromatic N) is 2. The van der Waals surface area contributed by atoms with Gasteiger partial charge in [0.15, 0.2) is 6.10 Å². The molecule has 0 spiro atoms. The van der Waals surface area contributed by atoms with E-state index in [1.165, 1.54) is 17.0 Å². The molecule has 0 unspecified atom stereocenters. The van der Waals surface area contributed by atoms with Crippen LogP contribution in [-0.2, 0) is 20.9 Å². The Morgan fingerprint density at radius 1 is 1.22 bits per heavy atom. The van der Waals surface area contributed by atoms with Crippen LogP contribution in [0.1, 0.15) is 37.3 Å². The summed E-state index contributed by atoms with van der Waals surface area (Å²) in [7, 11) is 0. The van der Waals surface area contributed by atoms with E-state index in [0.717, 1.165) is 24.0 Å². The minimum Gasteiger partial charge on any atom is -0.478 e. The fraction of sp³-hybridized carbons (Fsp3) is 0.440. The molecule has 2 aliphatic heterocycles. The summed E-state index contributed by atoms with van der Waals surface area (Å²) in [6.07, 6.45) is 1.74. The molecule has 6 nitrogen and oxygen atoms in total. The second-order valence-corrected chi connectivity index (χ2v) is 8.45. The molecule has 2 aliphatic rings. The fourth-order valence-electron chi connectivity index (χ4n) is 4.19. The molecule has 2 aromatic rings. The number of hydrogen-bond donors (Lipinski definition) is 0. The van der Waals surface area contributed by atoms with Crippen LogP contribution in [0, 0.1) is 12.7 Å². The normalized spacial score (nSPS) is 20.1. The standard InChI is InChI=1S/C25H29FN2O4/c1-3-22-25(30)28(21-13-17(2)6-11-23(21)32-22)16-24(29)27(15-20-5-4-12-31-20)14-18-7-9-19(26)10-8-18/h6-11,13,20,22H,3-5,12,14-16H2,1-2H3/t20-,22-/m0/s1. The molecule has 2 aromatic carbocycles. The van der Waals surface area contributed by atoms with Gasteiger partial charge in [0.05, 0.1) is 11.8 Å². The first-order valence-electron chi connectivity index (χ1n) is 11.2. The van der Waals surface area contributed by atoms with Gasteiger partial charge in [-0.25, -0.2) is 4.39 Å². The summed E-state index contributed by atoms with van der Waals surface area (Å²) in [6, 6.07) is 11.8. The second kappa shape index (κ2) is 9.69. The van der Waals surface area contributed by atoms with Gasteiger partial charge in [-0.3, -0.25) is 14.5 Å². The van der Waals surface area contributed by atoms with Crippen LogP contribution in [0.5, 0.6) is 5.75 Å². The molecule has 2 heterocycles. The van der Waals surface area contributed by atoms with Crippen molar-refractivity contribution in [2.24, 2.45) is 0 Å². The number of amides is 2. The number of halogens is 1. The van der Waals surface area contributed by atoms with Crippen LogP contribution >= 0.6 is 0 Å². The molecule has 170 valence electrons. The Kier molecular flexibility index (Phi) is 6.74. The number of ether oxygens (including phenoxy) is 2. The summed E-state index contributed by atoms with van der Waals surface area (Å²) in [6.45, 7) is 5.20. The highest BCUT2D eigenvalue weighted by Gasteiger charge is 2.35. The average Bonchev–Trinajstić information content (AvgIpc) is 3.30. The van der Waals surface area contributed by atoms with Crippen molar-refractivity contribution < 1.29 is 23.5 Å². The van der Waals surface area contributed by atoms with E-state index >= 15 is 0 Å². The minimum atomic E-state index is -0.610. The van der Waals surface area contributed by atoms with Gasteiger partial charge in [0.25, 0.3) is 5.91 Å². The molecule has 0 saturated carbocycles. The first-order valence-corrected chi connectivity index (χ1v) is 11.2. The number of carbonyl (C=O) groups is 2. The predicted octanol–water partition coefficient (Wildman–Crippen LogP) is 3.85. The van der Waals surface area contributed by atoms with Gasteiger partial charge in [-0.1, -0.05) is 25.1 Å². The predicted molar refractivity (Wildman–Crippen MR) is 119 cm³/mol. The van der Waals surface area contributed by atoms with Gasteiger partial charge < -0.3 is 14.4 Å². The molecule has 1 saturated heterocycles. The van der Waals surface area contributed by atoms with Crippen LogP contribution in [0.15, 0.2) is 42.5 Å². The van der Waals surface area contributed by atoms with Crippen LogP contribution < -0.4 is 9.64 Å². The number of fused-ring (bicyclic) bond motifs is 1. The monoisotopic (exact) mass is 440 g/mol. The molecular weight excluding hydrogens is 411 g/mol. The van der Waals surface area contributed by atoms with Gasteiger partial charge in [-0.05, 0) is 61.6 Å². The highest BCUT2D eigenvalue weighted by Crippen LogP contribution is 2.35. The third kappa shape index (κ3) is 4.93. The van der Waals surface area contributed by atoms with E-state index < -0.39 is 6.10 Å². The zero-order chi connectivity index (χ0) is 22.7. The molecule has 0 bridgehead atoms. The third-order valence-corrected chi connectivity index (χ3v) is 5.97. The number of hydrogen-bond acceptors (Lipinski definition) is 4. The number of carbonyl (C=O) groups excluding carboxylic acids is 2. The molecule has 1 fully saturated rings. The highest BCUT2D eigenvalue weighted by molar-refractivity contribution is 6.03. The maximum absolute atomic E-state index is 13.5. The average molecular weight is 441 g/mol. The Hall–Kier alpha value is -2.93. The molecule has 0 aromatic heterocycles. The zero-order valence-electron chi connectivity index (χ0n) is 18.6. The van der Waals surface area contributed by atoms with E-state index in [0.29, 0.717) is 37.6 Å². The van der Waals surface area contributed by atoms with E-state index in [4.69, 9.17) is 9.47 Å². The molecule has 7 heteroatoms. The Morgan fingerprint density at radius 2 is 2.00 bits per heavy atom. The lowest BCUT2D eigenvalue weighted by molar-refractivity contribution is -0.135. The van der Waals surface area contributed by atoms with Crippen molar-refractivity contribution in [1.82, 2.24) is 4.90 Å². The quantitative estimate of drug-likeness (QED) is 0.656. The lowest BCUT2D eigenvalue weighted by Crippen LogP contribution is -2.51. The van der Waals surface area contributed by atoms with Gasteiger partial charge in [-0.15, -0.1) is 0 Å². The van der Waals surface area contributed by atoms with Crippen LogP contribution in [0.2, 0.25) is 0 Å². The fourth-order valence-corrected chi connectivity index (χ4v) is 4.19. The molecule has 0 N–H and O–H groups in total. The van der Waals surface area contributed by atoms with Crippen molar-refractivity contribution in [3.63, 3.8) is 0 Å². The van der Waals surface area contributed by atoms with E-state index in [1.54, 1.807) is 17.0 Å². The van der Waals surface area contributed by atoms with E-state index in [-0.39, 0.29) is 30.3 Å². The van der Waals surface area contributed by atoms with Crippen molar-refractivity contribution in [2.45, 2.75) is 51.9 Å². The molecular formula is C25H29FN2O4. The van der Waals surface area contributed by atoms with Crippen molar-refractivity contribution in [1.29, 1.82) is 0 Å². The largest absolute Gasteiger partial charge is 0.478 e. The van der Waals surface area contributed by atoms with E-state index in [9.17, 15) is 14.0 Å².